The number of nitrogen functional groups attached to an aromatic ring is 1. The SMILES string of the molecule is Nc1ccc(C(=O)N2CCC(c3nc4ccccc4s3)CC2)cc1[N+](=O)[O-]. The average Bonchev–Trinajstić information content (AvgIpc) is 3.12. The highest BCUT2D eigenvalue weighted by Gasteiger charge is 2.27. The standard InChI is InChI=1S/C19H18N4O3S/c20-14-6-5-13(11-16(14)23(25)26)19(24)22-9-7-12(8-10-22)18-21-15-3-1-2-4-17(15)27-18/h1-6,11-12H,7-10,20H2. The van der Waals surface area contributed by atoms with E-state index in [1.165, 1.54) is 16.8 Å². The largest absolute Gasteiger partial charge is 0.393 e. The Morgan fingerprint density at radius 1 is 1.22 bits per heavy atom. The number of carbonyl (C=O) groups excluding carboxylic acids is 1. The van der Waals surface area contributed by atoms with E-state index in [0.717, 1.165) is 23.4 Å². The van der Waals surface area contributed by atoms with Gasteiger partial charge in [0.1, 0.15) is 5.69 Å². The minimum atomic E-state index is -0.564. The average molecular weight is 382 g/mol. The molecule has 7 nitrogen and oxygen atoms in total. The molecule has 0 atom stereocenters. The number of nitro benzene ring substituents is 1. The Hall–Kier alpha value is -3.00. The number of benzene rings is 2. The van der Waals surface area contributed by atoms with Crippen LogP contribution >= 0.6 is 11.3 Å². The molecule has 0 aliphatic carbocycles. The van der Waals surface area contributed by atoms with Gasteiger partial charge in [-0.2, -0.15) is 0 Å². The summed E-state index contributed by atoms with van der Waals surface area (Å²) in [7, 11) is 0. The number of thiazole rings is 1. The van der Waals surface area contributed by atoms with Gasteiger partial charge in [-0.3, -0.25) is 14.9 Å². The topological polar surface area (TPSA) is 102 Å². The van der Waals surface area contributed by atoms with E-state index in [-0.39, 0.29) is 17.3 Å². The predicted molar refractivity (Wildman–Crippen MR) is 105 cm³/mol. The first-order valence-corrected chi connectivity index (χ1v) is 9.53. The zero-order chi connectivity index (χ0) is 19.0. The number of amides is 1. The normalized spacial score (nSPS) is 15.2. The predicted octanol–water partition coefficient (Wildman–Crippen LogP) is 3.81. The van der Waals surface area contributed by atoms with Crippen molar-refractivity contribution in [3.05, 3.63) is 63.1 Å². The zero-order valence-electron chi connectivity index (χ0n) is 14.5. The third-order valence-corrected chi connectivity index (χ3v) is 6.11. The summed E-state index contributed by atoms with van der Waals surface area (Å²) < 4.78 is 1.18. The molecule has 2 N–H and O–H groups in total. The number of aromatic nitrogens is 1. The molecule has 1 aliphatic rings. The van der Waals surface area contributed by atoms with E-state index < -0.39 is 4.92 Å². The number of fused-ring (bicyclic) bond motifs is 1. The molecule has 4 rings (SSSR count). The highest BCUT2D eigenvalue weighted by Crippen LogP contribution is 2.34. The summed E-state index contributed by atoms with van der Waals surface area (Å²) in [4.78, 5) is 29.7. The van der Waals surface area contributed by atoms with Crippen molar-refractivity contribution in [2.24, 2.45) is 0 Å². The number of anilines is 1. The lowest BCUT2D eigenvalue weighted by Gasteiger charge is -2.31. The molecule has 3 aromatic rings. The molecule has 138 valence electrons. The van der Waals surface area contributed by atoms with Gasteiger partial charge in [0, 0.05) is 30.6 Å². The second-order valence-electron chi connectivity index (χ2n) is 6.62. The minimum Gasteiger partial charge on any atom is -0.393 e. The van der Waals surface area contributed by atoms with Crippen LogP contribution in [0.2, 0.25) is 0 Å². The number of piperidine rings is 1. The molecular formula is C19H18N4O3S. The van der Waals surface area contributed by atoms with Gasteiger partial charge in [-0.25, -0.2) is 4.98 Å². The van der Waals surface area contributed by atoms with E-state index in [4.69, 9.17) is 10.7 Å². The van der Waals surface area contributed by atoms with Gasteiger partial charge in [0.15, 0.2) is 0 Å². The Labute approximate surface area is 159 Å². The number of nitro groups is 1. The first-order chi connectivity index (χ1) is 13.0. The van der Waals surface area contributed by atoms with Crippen LogP contribution < -0.4 is 5.73 Å². The molecule has 2 heterocycles. The molecule has 1 fully saturated rings. The summed E-state index contributed by atoms with van der Waals surface area (Å²) in [5.74, 6) is 0.146. The molecule has 1 amide bonds. The van der Waals surface area contributed by atoms with Gasteiger partial charge in [-0.05, 0) is 37.1 Å². The summed E-state index contributed by atoms with van der Waals surface area (Å²) in [6.45, 7) is 1.22. The second kappa shape index (κ2) is 6.96. The smallest absolute Gasteiger partial charge is 0.292 e. The number of hydrogen-bond donors (Lipinski definition) is 1. The van der Waals surface area contributed by atoms with E-state index in [1.54, 1.807) is 22.3 Å². The van der Waals surface area contributed by atoms with Crippen LogP contribution in [0.3, 0.4) is 0 Å². The fraction of sp³-hybridized carbons (Fsp3) is 0.263. The summed E-state index contributed by atoms with van der Waals surface area (Å²) in [5, 5.41) is 12.2. The van der Waals surface area contributed by atoms with Gasteiger partial charge in [0.2, 0.25) is 0 Å². The highest BCUT2D eigenvalue weighted by molar-refractivity contribution is 7.18. The Morgan fingerprint density at radius 2 is 1.96 bits per heavy atom. The van der Waals surface area contributed by atoms with Gasteiger partial charge < -0.3 is 10.6 Å². The maximum atomic E-state index is 12.7. The lowest BCUT2D eigenvalue weighted by molar-refractivity contribution is -0.383. The number of para-hydroxylation sites is 1. The van der Waals surface area contributed by atoms with Crippen molar-refractivity contribution in [3.8, 4) is 0 Å². The molecule has 1 aromatic heterocycles. The van der Waals surface area contributed by atoms with Crippen LogP contribution in [0.25, 0.3) is 10.2 Å². The number of carbonyl (C=O) groups is 1. The van der Waals surface area contributed by atoms with Crippen LogP contribution in [0.15, 0.2) is 42.5 Å². The van der Waals surface area contributed by atoms with Crippen molar-refractivity contribution >= 4 is 38.8 Å². The van der Waals surface area contributed by atoms with Crippen molar-refractivity contribution in [1.82, 2.24) is 9.88 Å². The first kappa shape index (κ1) is 17.4. The molecule has 1 aliphatic heterocycles. The quantitative estimate of drug-likeness (QED) is 0.422. The third-order valence-electron chi connectivity index (χ3n) is 4.92. The molecular weight excluding hydrogens is 364 g/mol. The summed E-state index contributed by atoms with van der Waals surface area (Å²) in [5.41, 5.74) is 6.76. The third kappa shape index (κ3) is 3.35. The van der Waals surface area contributed by atoms with Crippen LogP contribution in [0.4, 0.5) is 11.4 Å². The molecule has 0 unspecified atom stereocenters. The summed E-state index contributed by atoms with van der Waals surface area (Å²) in [6, 6.07) is 12.3. The fourth-order valence-electron chi connectivity index (χ4n) is 3.41. The number of nitrogens with two attached hydrogens (primary N) is 1. The molecule has 0 radical (unpaired) electrons. The van der Waals surface area contributed by atoms with E-state index >= 15 is 0 Å². The minimum absolute atomic E-state index is 0.0612. The second-order valence-corrected chi connectivity index (χ2v) is 7.68. The Morgan fingerprint density at radius 3 is 2.67 bits per heavy atom. The molecule has 2 aromatic carbocycles. The highest BCUT2D eigenvalue weighted by atomic mass is 32.1. The van der Waals surface area contributed by atoms with E-state index in [0.29, 0.717) is 24.6 Å². The maximum absolute atomic E-state index is 12.7. The zero-order valence-corrected chi connectivity index (χ0v) is 15.3. The summed E-state index contributed by atoms with van der Waals surface area (Å²) in [6.07, 6.45) is 1.67. The van der Waals surface area contributed by atoms with Gasteiger partial charge in [-0.15, -0.1) is 11.3 Å². The maximum Gasteiger partial charge on any atom is 0.292 e. The van der Waals surface area contributed by atoms with Crippen LogP contribution in [0, 0.1) is 10.1 Å². The Balaban J connectivity index is 1.46. The lowest BCUT2D eigenvalue weighted by atomic mass is 9.97. The summed E-state index contributed by atoms with van der Waals surface area (Å²) >= 11 is 1.71. The van der Waals surface area contributed by atoms with E-state index in [1.807, 2.05) is 18.2 Å². The fourth-order valence-corrected chi connectivity index (χ4v) is 4.55. The monoisotopic (exact) mass is 382 g/mol. The van der Waals surface area contributed by atoms with Crippen molar-refractivity contribution < 1.29 is 9.72 Å². The number of nitrogens with zero attached hydrogens (tertiary/aromatic N) is 3. The van der Waals surface area contributed by atoms with Gasteiger partial charge in [0.05, 0.1) is 20.1 Å². The lowest BCUT2D eigenvalue weighted by Crippen LogP contribution is -2.37. The van der Waals surface area contributed by atoms with Crippen molar-refractivity contribution in [2.45, 2.75) is 18.8 Å². The van der Waals surface area contributed by atoms with E-state index in [9.17, 15) is 14.9 Å². The van der Waals surface area contributed by atoms with Crippen molar-refractivity contribution in [2.75, 3.05) is 18.8 Å². The Bertz CT molecular complexity index is 992. The van der Waals surface area contributed by atoms with Gasteiger partial charge in [-0.1, -0.05) is 12.1 Å². The van der Waals surface area contributed by atoms with Crippen LogP contribution in [0.5, 0.6) is 0 Å². The number of hydrogen-bond acceptors (Lipinski definition) is 6. The molecule has 27 heavy (non-hydrogen) atoms. The molecule has 8 heteroatoms. The molecule has 0 saturated carbocycles. The van der Waals surface area contributed by atoms with Crippen molar-refractivity contribution in [3.63, 3.8) is 0 Å². The van der Waals surface area contributed by atoms with Gasteiger partial charge >= 0.3 is 0 Å². The Kier molecular flexibility index (Phi) is 4.49. The first-order valence-electron chi connectivity index (χ1n) is 8.71. The van der Waals surface area contributed by atoms with Crippen LogP contribution in [0.1, 0.15) is 34.1 Å². The van der Waals surface area contributed by atoms with E-state index in [2.05, 4.69) is 6.07 Å². The van der Waals surface area contributed by atoms with Crippen molar-refractivity contribution in [1.29, 1.82) is 0 Å². The van der Waals surface area contributed by atoms with Crippen LogP contribution in [-0.4, -0.2) is 33.8 Å². The molecule has 1 saturated heterocycles. The number of rotatable bonds is 3. The van der Waals surface area contributed by atoms with Crippen LogP contribution in [-0.2, 0) is 0 Å². The van der Waals surface area contributed by atoms with Gasteiger partial charge in [0.25, 0.3) is 11.6 Å². The molecule has 0 spiro atoms. The molecule has 0 bridgehead atoms. The number of likely N-dealkylation sites (tertiary alicyclic amines) is 1.